The highest BCUT2D eigenvalue weighted by molar-refractivity contribution is 14.2. The molecule has 0 fully saturated rings. The molecule has 0 saturated heterocycles. The van der Waals surface area contributed by atoms with Gasteiger partial charge in [0.15, 0.2) is 0 Å². The minimum atomic E-state index is -0.00724. The van der Waals surface area contributed by atoms with E-state index in [2.05, 4.69) is 107 Å². The zero-order valence-corrected chi connectivity index (χ0v) is 32.0. The van der Waals surface area contributed by atoms with Crippen LogP contribution in [0, 0.1) is 0 Å². The van der Waals surface area contributed by atoms with Crippen molar-refractivity contribution in [3.8, 4) is 0 Å². The fourth-order valence-corrected chi connectivity index (χ4v) is 205. The molecule has 1 nitrogen and oxygen atoms in total. The summed E-state index contributed by atoms with van der Waals surface area (Å²) in [4.78, 5) is 0.125. The Morgan fingerprint density at radius 2 is 1.09 bits per heavy atom. The van der Waals surface area contributed by atoms with Gasteiger partial charge in [0.1, 0.15) is 7.57 Å². The molecule has 0 bridgehead atoms. The molecule has 11 unspecified atom stereocenters. The van der Waals surface area contributed by atoms with Gasteiger partial charge in [-0.3, -0.25) is 0 Å². The summed E-state index contributed by atoms with van der Waals surface area (Å²) in [5, 5.41) is 7.00. The lowest BCUT2D eigenvalue weighted by molar-refractivity contribution is 0.399. The maximum Gasteiger partial charge on any atom is 0.111 e. The Kier molecular flexibility index (Phi) is 45.7. The molecular weight excluding hydrogens is 718 g/mol. The Bertz CT molecular complexity index is 233. The molecule has 0 rings (SSSR count). The van der Waals surface area contributed by atoms with E-state index in [9.17, 15) is 0 Å². The van der Waals surface area contributed by atoms with E-state index < -0.39 is 0 Å². The van der Waals surface area contributed by atoms with Crippen LogP contribution in [0.15, 0.2) is 0 Å². The minimum absolute atomic E-state index is 0.00724. The molecule has 23 heavy (non-hydrogen) atoms. The third kappa shape index (κ3) is 20.0. The van der Waals surface area contributed by atoms with Crippen LogP contribution >= 0.6 is 140 Å². The monoisotopic (exact) mass is 744 g/mol. The smallest absolute Gasteiger partial charge is 0.111 e. The standard InChI is InChI=1S/C2H6.CH4O.BH15IP15.S2/c2*1-2;1-10-15(9)17(14(7)8)11(2)16(12(3)4)13(5)6;1-2/h1-2H3;2H,1H3;10H,3-9H2;. The van der Waals surface area contributed by atoms with Gasteiger partial charge in [0.25, 0.3) is 0 Å². The molecule has 0 spiro atoms. The molecule has 20 heteroatoms. The summed E-state index contributed by atoms with van der Waals surface area (Å²) in [7, 11) is 29.1. The van der Waals surface area contributed by atoms with Crippen LogP contribution in [0.25, 0.3) is 0 Å². The Hall–Kier alpha value is 7.64. The van der Waals surface area contributed by atoms with E-state index in [4.69, 9.17) is 12.7 Å². The van der Waals surface area contributed by atoms with Gasteiger partial charge >= 0.3 is 0 Å². The fourth-order valence-electron chi connectivity index (χ4n) is 0.689. The normalized spacial score (nSPS) is 14.6. The minimum Gasteiger partial charge on any atom is -0.400 e. The lowest BCUT2D eigenvalue weighted by Gasteiger charge is -2.39. The van der Waals surface area contributed by atoms with Gasteiger partial charge in [-0.2, -0.15) is 0 Å². The SMILES string of the molecule is CC.CO.S=S.[B]PP(P)P(P(P)P)P(I)P(P(P)P)P(P)P. The first kappa shape index (κ1) is 37.9. The summed E-state index contributed by atoms with van der Waals surface area (Å²) in [5.41, 5.74) is 0. The molecule has 0 aliphatic carbocycles. The van der Waals surface area contributed by atoms with E-state index in [1.165, 1.54) is 0 Å². The molecule has 140 valence electrons. The number of hydrogen-bond donors (Lipinski definition) is 1. The van der Waals surface area contributed by atoms with E-state index in [1.807, 2.05) is 13.8 Å². The van der Waals surface area contributed by atoms with Gasteiger partial charge in [-0.25, -0.2) is 0 Å². The average Bonchev–Trinajstić information content (AvgIpc) is 2.52. The van der Waals surface area contributed by atoms with Crippen molar-refractivity contribution in [2.75, 3.05) is 7.11 Å². The van der Waals surface area contributed by atoms with Gasteiger partial charge in [-0.1, -0.05) is 13.8 Å². The summed E-state index contributed by atoms with van der Waals surface area (Å²) < 4.78 is 0. The van der Waals surface area contributed by atoms with Crippen molar-refractivity contribution in [3.05, 3.63) is 0 Å². The second kappa shape index (κ2) is 27.7. The van der Waals surface area contributed by atoms with E-state index in [-0.39, 0.29) is 46.9 Å². The van der Waals surface area contributed by atoms with Crippen molar-refractivity contribution in [1.82, 2.24) is 0 Å². The molecule has 0 aliphatic heterocycles. The maximum atomic E-state index is 7.00. The molecular formula is C3H25BIOP15S2. The maximum absolute atomic E-state index is 7.00. The molecule has 0 aromatic rings. The van der Waals surface area contributed by atoms with E-state index >= 15 is 0 Å². The summed E-state index contributed by atoms with van der Waals surface area (Å²) in [6.45, 7) is 4.39. The molecule has 0 aliphatic rings. The van der Waals surface area contributed by atoms with Crippen molar-refractivity contribution < 1.29 is 5.11 Å². The van der Waals surface area contributed by atoms with Gasteiger partial charge in [-0.05, 0) is 57.0 Å². The third-order valence-corrected chi connectivity index (χ3v) is 107. The Labute approximate surface area is 193 Å². The van der Waals surface area contributed by atoms with E-state index in [0.717, 1.165) is 7.11 Å². The molecule has 1 N–H and O–H groups in total. The van der Waals surface area contributed by atoms with Crippen LogP contribution in [0.2, 0.25) is 0 Å². The van der Waals surface area contributed by atoms with Crippen molar-refractivity contribution in [2.24, 2.45) is 0 Å². The van der Waals surface area contributed by atoms with Gasteiger partial charge in [0, 0.05) is 41.4 Å². The lowest BCUT2D eigenvalue weighted by atomic mass is 10.8. The molecule has 0 heterocycles. The number of hydrogen-bond acceptors (Lipinski definition) is 3. The Balaban J connectivity index is -0.000000267. The first-order valence-electron chi connectivity index (χ1n) is 5.30. The number of rotatable bonds is 7. The predicted octanol–water partition coefficient (Wildman–Crippen LogP) is 10.0. The summed E-state index contributed by atoms with van der Waals surface area (Å²) in [6.07, 6.45) is 0. The van der Waals surface area contributed by atoms with Crippen LogP contribution in [0.3, 0.4) is 0 Å². The highest BCUT2D eigenvalue weighted by Gasteiger charge is 2.36. The molecule has 2 radical (unpaired) electrons. The molecule has 0 saturated carbocycles. The van der Waals surface area contributed by atoms with Crippen molar-refractivity contribution in [3.63, 3.8) is 0 Å². The first-order valence-corrected chi connectivity index (χ1v) is 36.3. The summed E-state index contributed by atoms with van der Waals surface area (Å²) >= 11 is 10.1. The van der Waals surface area contributed by atoms with Crippen LogP contribution in [-0.2, 0) is 22.4 Å². The summed E-state index contributed by atoms with van der Waals surface area (Å²) in [6, 6.07) is 0. The average molecular weight is 744 g/mol. The van der Waals surface area contributed by atoms with Crippen LogP contribution in [0.5, 0.6) is 0 Å². The number of aliphatic hydroxyl groups excluding tert-OH is 1. The zero-order chi connectivity index (χ0) is 19.7. The third-order valence-electron chi connectivity index (χ3n) is 1.24. The quantitative estimate of drug-likeness (QED) is 0.159. The van der Waals surface area contributed by atoms with E-state index in [0.29, 0.717) is 8.15 Å². The predicted molar refractivity (Wildman–Crippen MR) is 179 cm³/mol. The van der Waals surface area contributed by atoms with Gasteiger partial charge in [0.2, 0.25) is 0 Å². The van der Waals surface area contributed by atoms with Crippen LogP contribution in [0.4, 0.5) is 0 Å². The summed E-state index contributed by atoms with van der Waals surface area (Å²) in [5.74, 6) is 0. The fraction of sp³-hybridized carbons (Fsp3) is 1.00. The second-order valence-corrected chi connectivity index (χ2v) is 67.3. The first-order chi connectivity index (χ1) is 10.7. The number of halogens is 1. The second-order valence-electron chi connectivity index (χ2n) is 2.39. The number of aliphatic hydroxyl groups is 1. The van der Waals surface area contributed by atoms with Crippen molar-refractivity contribution in [1.29, 1.82) is 0 Å². The van der Waals surface area contributed by atoms with Crippen LogP contribution < -0.4 is 0 Å². The van der Waals surface area contributed by atoms with Gasteiger partial charge in [0.05, 0.1) is 0 Å². The van der Waals surface area contributed by atoms with Crippen molar-refractivity contribution in [2.45, 2.75) is 13.8 Å². The molecule has 0 amide bonds. The zero-order valence-electron chi connectivity index (χ0n) is 12.9. The van der Waals surface area contributed by atoms with Gasteiger partial charge in [-0.15, -0.1) is 70.6 Å². The van der Waals surface area contributed by atoms with Crippen molar-refractivity contribution >= 4 is 169 Å². The van der Waals surface area contributed by atoms with Gasteiger partial charge < -0.3 is 5.11 Å². The van der Waals surface area contributed by atoms with E-state index in [1.54, 1.807) is 0 Å². The van der Waals surface area contributed by atoms with Crippen LogP contribution in [0.1, 0.15) is 13.8 Å². The molecule has 0 aromatic carbocycles. The van der Waals surface area contributed by atoms with Crippen LogP contribution in [-0.4, -0.2) is 19.8 Å². The highest BCUT2D eigenvalue weighted by atomic mass is 127. The molecule has 0 aromatic heterocycles. The highest BCUT2D eigenvalue weighted by Crippen LogP contribution is 3.23. The molecule has 11 atom stereocenters. The largest absolute Gasteiger partial charge is 0.400 e. The topological polar surface area (TPSA) is 20.2 Å². The Morgan fingerprint density at radius 3 is 1.26 bits per heavy atom. The lowest BCUT2D eigenvalue weighted by Crippen LogP contribution is -1.52. The Morgan fingerprint density at radius 1 is 0.826 bits per heavy atom.